The number of halogens is 1. The highest BCUT2D eigenvalue weighted by Crippen LogP contribution is 2.32. The van der Waals surface area contributed by atoms with E-state index in [-0.39, 0.29) is 5.82 Å². The summed E-state index contributed by atoms with van der Waals surface area (Å²) in [5, 5.41) is 0.684. The van der Waals surface area contributed by atoms with E-state index in [2.05, 4.69) is 4.98 Å². The Morgan fingerprint density at radius 1 is 1.12 bits per heavy atom. The van der Waals surface area contributed by atoms with Gasteiger partial charge in [-0.15, -0.1) is 11.3 Å². The Balaban J connectivity index is 2.20. The van der Waals surface area contributed by atoms with Crippen molar-refractivity contribution in [1.29, 1.82) is 0 Å². The molecule has 2 aromatic carbocycles. The molecule has 0 amide bonds. The maximum atomic E-state index is 13.8. The van der Waals surface area contributed by atoms with Crippen LogP contribution < -0.4 is 5.73 Å². The van der Waals surface area contributed by atoms with Crippen LogP contribution in [-0.2, 0) is 0 Å². The second-order valence-electron chi connectivity index (χ2n) is 3.73. The van der Waals surface area contributed by atoms with Gasteiger partial charge in [-0.2, -0.15) is 0 Å². The van der Waals surface area contributed by atoms with Crippen molar-refractivity contribution >= 4 is 27.2 Å². The van der Waals surface area contributed by atoms with Gasteiger partial charge in [-0.25, -0.2) is 9.37 Å². The molecule has 4 heteroatoms. The Morgan fingerprint density at radius 2 is 1.94 bits per heavy atom. The first-order chi connectivity index (χ1) is 8.24. The lowest BCUT2D eigenvalue weighted by atomic mass is 10.2. The quantitative estimate of drug-likeness (QED) is 0.663. The maximum absolute atomic E-state index is 13.8. The van der Waals surface area contributed by atoms with Crippen LogP contribution in [0.2, 0.25) is 0 Å². The van der Waals surface area contributed by atoms with Crippen LogP contribution >= 0.6 is 11.3 Å². The van der Waals surface area contributed by atoms with Crippen LogP contribution in [-0.4, -0.2) is 4.98 Å². The smallest absolute Gasteiger partial charge is 0.135 e. The highest BCUT2D eigenvalue weighted by atomic mass is 32.1. The van der Waals surface area contributed by atoms with E-state index in [0.717, 1.165) is 10.2 Å². The third-order valence-corrected chi connectivity index (χ3v) is 3.59. The Hall–Kier alpha value is -1.94. The molecular weight excluding hydrogens is 235 g/mol. The monoisotopic (exact) mass is 244 g/mol. The van der Waals surface area contributed by atoms with Crippen molar-refractivity contribution in [2.45, 2.75) is 0 Å². The SMILES string of the molecule is Nc1ccc(-c2nc3ccccc3s2)c(F)c1. The van der Waals surface area contributed by atoms with Gasteiger partial charge in [-0.3, -0.25) is 0 Å². The summed E-state index contributed by atoms with van der Waals surface area (Å²) in [5.41, 5.74) is 7.34. The van der Waals surface area contributed by atoms with Crippen LogP contribution in [0, 0.1) is 5.82 Å². The highest BCUT2D eigenvalue weighted by Gasteiger charge is 2.10. The molecule has 0 aliphatic heterocycles. The molecule has 0 saturated heterocycles. The largest absolute Gasteiger partial charge is 0.399 e. The molecule has 1 aromatic heterocycles. The van der Waals surface area contributed by atoms with Crippen LogP contribution in [0.25, 0.3) is 20.8 Å². The predicted octanol–water partition coefficient (Wildman–Crippen LogP) is 3.68. The molecule has 3 rings (SSSR count). The maximum Gasteiger partial charge on any atom is 0.135 e. The topological polar surface area (TPSA) is 38.9 Å². The molecular formula is C13H9FN2S. The number of para-hydroxylation sites is 1. The van der Waals surface area contributed by atoms with E-state index < -0.39 is 0 Å². The number of hydrogen-bond acceptors (Lipinski definition) is 3. The van der Waals surface area contributed by atoms with Crippen molar-refractivity contribution in [3.8, 4) is 10.6 Å². The molecule has 1 heterocycles. The normalized spacial score (nSPS) is 10.9. The summed E-state index contributed by atoms with van der Waals surface area (Å²) >= 11 is 1.48. The second-order valence-corrected chi connectivity index (χ2v) is 4.76. The van der Waals surface area contributed by atoms with Crippen molar-refractivity contribution in [2.75, 3.05) is 5.73 Å². The zero-order valence-electron chi connectivity index (χ0n) is 8.85. The summed E-state index contributed by atoms with van der Waals surface area (Å²) in [5.74, 6) is -0.330. The standard InChI is InChI=1S/C13H9FN2S/c14-10-7-8(15)5-6-9(10)13-16-11-3-1-2-4-12(11)17-13/h1-7H,15H2. The molecule has 0 spiro atoms. The Morgan fingerprint density at radius 3 is 2.71 bits per heavy atom. The number of anilines is 1. The van der Waals surface area contributed by atoms with Crippen molar-refractivity contribution in [3.63, 3.8) is 0 Å². The van der Waals surface area contributed by atoms with E-state index in [1.54, 1.807) is 12.1 Å². The summed E-state index contributed by atoms with van der Waals surface area (Å²) in [6, 6.07) is 12.4. The fourth-order valence-electron chi connectivity index (χ4n) is 1.69. The van der Waals surface area contributed by atoms with Crippen LogP contribution in [0.1, 0.15) is 0 Å². The van der Waals surface area contributed by atoms with Gasteiger partial charge in [-0.1, -0.05) is 12.1 Å². The van der Waals surface area contributed by atoms with Gasteiger partial charge in [0.2, 0.25) is 0 Å². The summed E-state index contributed by atoms with van der Waals surface area (Å²) < 4.78 is 14.8. The second kappa shape index (κ2) is 3.82. The summed E-state index contributed by atoms with van der Waals surface area (Å²) in [6.45, 7) is 0. The minimum atomic E-state index is -0.330. The average Bonchev–Trinajstić information content (AvgIpc) is 2.72. The lowest BCUT2D eigenvalue weighted by molar-refractivity contribution is 0.632. The first kappa shape index (κ1) is 10.2. The van der Waals surface area contributed by atoms with Crippen molar-refractivity contribution in [3.05, 3.63) is 48.3 Å². The van der Waals surface area contributed by atoms with E-state index in [1.165, 1.54) is 17.4 Å². The third kappa shape index (κ3) is 1.76. The summed E-state index contributed by atoms with van der Waals surface area (Å²) in [7, 11) is 0. The van der Waals surface area contributed by atoms with Gasteiger partial charge in [-0.05, 0) is 30.3 Å². The molecule has 0 aliphatic carbocycles. The van der Waals surface area contributed by atoms with Gasteiger partial charge < -0.3 is 5.73 Å². The lowest BCUT2D eigenvalue weighted by Crippen LogP contribution is -1.88. The van der Waals surface area contributed by atoms with Gasteiger partial charge in [0.25, 0.3) is 0 Å². The number of aromatic nitrogens is 1. The van der Waals surface area contributed by atoms with Gasteiger partial charge >= 0.3 is 0 Å². The molecule has 0 radical (unpaired) electrons. The molecule has 2 nitrogen and oxygen atoms in total. The van der Waals surface area contributed by atoms with Gasteiger partial charge in [0.1, 0.15) is 10.8 Å². The minimum Gasteiger partial charge on any atom is -0.399 e. The molecule has 17 heavy (non-hydrogen) atoms. The van der Waals surface area contributed by atoms with Crippen molar-refractivity contribution in [2.24, 2.45) is 0 Å². The fourth-order valence-corrected chi connectivity index (χ4v) is 2.68. The zero-order valence-corrected chi connectivity index (χ0v) is 9.67. The van der Waals surface area contributed by atoms with Gasteiger partial charge in [0.05, 0.1) is 10.2 Å². The Labute approximate surface area is 102 Å². The molecule has 3 aromatic rings. The molecule has 0 aliphatic rings. The Kier molecular flexibility index (Phi) is 2.30. The molecule has 2 N–H and O–H groups in total. The number of hydrogen-bond donors (Lipinski definition) is 1. The van der Waals surface area contributed by atoms with E-state index in [9.17, 15) is 4.39 Å². The number of benzene rings is 2. The van der Waals surface area contributed by atoms with Crippen LogP contribution in [0.3, 0.4) is 0 Å². The number of nitrogen functional groups attached to an aromatic ring is 1. The average molecular weight is 244 g/mol. The van der Waals surface area contributed by atoms with E-state index >= 15 is 0 Å². The fraction of sp³-hybridized carbons (Fsp3) is 0. The van der Waals surface area contributed by atoms with Crippen LogP contribution in [0.5, 0.6) is 0 Å². The van der Waals surface area contributed by atoms with Gasteiger partial charge in [0.15, 0.2) is 0 Å². The molecule has 0 unspecified atom stereocenters. The van der Waals surface area contributed by atoms with Gasteiger partial charge in [0, 0.05) is 11.3 Å². The first-order valence-corrected chi connectivity index (χ1v) is 5.96. The molecule has 0 saturated carbocycles. The van der Waals surface area contributed by atoms with Crippen LogP contribution in [0.15, 0.2) is 42.5 Å². The third-order valence-electron chi connectivity index (χ3n) is 2.52. The lowest BCUT2D eigenvalue weighted by Gasteiger charge is -1.99. The number of fused-ring (bicyclic) bond motifs is 1. The summed E-state index contributed by atoms with van der Waals surface area (Å²) in [6.07, 6.45) is 0. The van der Waals surface area contributed by atoms with Crippen molar-refractivity contribution < 1.29 is 4.39 Å². The first-order valence-electron chi connectivity index (χ1n) is 5.15. The Bertz CT molecular complexity index is 658. The molecule has 0 atom stereocenters. The minimum absolute atomic E-state index is 0.330. The van der Waals surface area contributed by atoms with E-state index in [0.29, 0.717) is 16.3 Å². The van der Waals surface area contributed by atoms with E-state index in [1.807, 2.05) is 24.3 Å². The molecule has 0 bridgehead atoms. The predicted molar refractivity (Wildman–Crippen MR) is 69.4 cm³/mol. The van der Waals surface area contributed by atoms with E-state index in [4.69, 9.17) is 5.73 Å². The highest BCUT2D eigenvalue weighted by molar-refractivity contribution is 7.21. The molecule has 0 fully saturated rings. The summed E-state index contributed by atoms with van der Waals surface area (Å²) in [4.78, 5) is 4.41. The number of thiazole rings is 1. The number of nitrogens with two attached hydrogens (primary N) is 1. The number of rotatable bonds is 1. The zero-order chi connectivity index (χ0) is 11.8. The molecule has 84 valence electrons. The van der Waals surface area contributed by atoms with Crippen LogP contribution in [0.4, 0.5) is 10.1 Å². The van der Waals surface area contributed by atoms with Crippen molar-refractivity contribution in [1.82, 2.24) is 4.98 Å². The number of nitrogens with zero attached hydrogens (tertiary/aromatic N) is 1.